The lowest BCUT2D eigenvalue weighted by molar-refractivity contribution is 0.0949. The quantitative estimate of drug-likeness (QED) is 0.200. The number of likely N-dealkylation sites (N-methyl/N-ethyl adjacent to an activating group) is 1. The highest BCUT2D eigenvalue weighted by molar-refractivity contribution is 6.07. The Hall–Kier alpha value is -4.14. The maximum Gasteiger partial charge on any atom is 0.251 e. The van der Waals surface area contributed by atoms with E-state index in [4.69, 9.17) is 9.98 Å². The SMILES string of the molecule is CNCCCC(=O)c1ccc2nc(-c3ccc(C4=Nc5ccc(C(=O)NCCN(C)C)cc5C4)cc3)[nH]c2c1. The number of fused-ring (bicyclic) bond motifs is 2. The van der Waals surface area contributed by atoms with Gasteiger partial charge >= 0.3 is 0 Å². The summed E-state index contributed by atoms with van der Waals surface area (Å²) in [5.74, 6) is 0.842. The first-order chi connectivity index (χ1) is 18.9. The summed E-state index contributed by atoms with van der Waals surface area (Å²) in [6, 6.07) is 19.5. The monoisotopic (exact) mass is 522 g/mol. The van der Waals surface area contributed by atoms with Crippen molar-refractivity contribution in [2.45, 2.75) is 19.3 Å². The number of hydrogen-bond acceptors (Lipinski definition) is 6. The number of amides is 1. The predicted octanol–water partition coefficient (Wildman–Crippen LogP) is 4.38. The number of carbonyl (C=O) groups excluding carboxylic acids is 2. The first-order valence-electron chi connectivity index (χ1n) is 13.3. The maximum absolute atomic E-state index is 12.5. The normalized spacial score (nSPS) is 12.6. The molecule has 0 atom stereocenters. The zero-order valence-corrected chi connectivity index (χ0v) is 22.7. The minimum Gasteiger partial charge on any atom is -0.351 e. The molecule has 4 aromatic rings. The summed E-state index contributed by atoms with van der Waals surface area (Å²) in [5, 5.41) is 6.04. The smallest absolute Gasteiger partial charge is 0.251 e. The van der Waals surface area contributed by atoms with Crippen LogP contribution in [0.2, 0.25) is 0 Å². The summed E-state index contributed by atoms with van der Waals surface area (Å²) in [5.41, 5.74) is 8.00. The number of aromatic nitrogens is 2. The Bertz CT molecular complexity index is 1530. The minimum absolute atomic E-state index is 0.0615. The molecular weight excluding hydrogens is 488 g/mol. The first kappa shape index (κ1) is 26.5. The van der Waals surface area contributed by atoms with Gasteiger partial charge in [-0.2, -0.15) is 0 Å². The molecule has 8 nitrogen and oxygen atoms in total. The summed E-state index contributed by atoms with van der Waals surface area (Å²) < 4.78 is 0. The van der Waals surface area contributed by atoms with Crippen molar-refractivity contribution in [3.05, 3.63) is 82.9 Å². The molecule has 1 aliphatic heterocycles. The van der Waals surface area contributed by atoms with Gasteiger partial charge in [-0.15, -0.1) is 0 Å². The topological polar surface area (TPSA) is 102 Å². The van der Waals surface area contributed by atoms with E-state index in [1.165, 1.54) is 0 Å². The molecule has 0 spiro atoms. The van der Waals surface area contributed by atoms with Crippen molar-refractivity contribution in [2.24, 2.45) is 4.99 Å². The minimum atomic E-state index is -0.0615. The van der Waals surface area contributed by atoms with E-state index < -0.39 is 0 Å². The van der Waals surface area contributed by atoms with E-state index in [1.807, 2.05) is 74.6 Å². The van der Waals surface area contributed by atoms with Gasteiger partial charge in [0.2, 0.25) is 0 Å². The van der Waals surface area contributed by atoms with Gasteiger partial charge in [0.25, 0.3) is 5.91 Å². The second kappa shape index (κ2) is 11.7. The third-order valence-corrected chi connectivity index (χ3v) is 6.93. The van der Waals surface area contributed by atoms with Gasteiger partial charge in [0, 0.05) is 42.6 Å². The highest BCUT2D eigenvalue weighted by Crippen LogP contribution is 2.30. The van der Waals surface area contributed by atoms with Crippen LogP contribution in [0.3, 0.4) is 0 Å². The number of imidazole rings is 1. The Kier molecular flexibility index (Phi) is 7.95. The average Bonchev–Trinajstić information content (AvgIpc) is 3.56. The molecule has 3 N–H and O–H groups in total. The largest absolute Gasteiger partial charge is 0.351 e. The summed E-state index contributed by atoms with van der Waals surface area (Å²) in [4.78, 5) is 40.0. The second-order valence-electron chi connectivity index (χ2n) is 10.2. The number of H-pyrrole nitrogens is 1. The van der Waals surface area contributed by atoms with Gasteiger partial charge in [-0.1, -0.05) is 24.3 Å². The van der Waals surface area contributed by atoms with Crippen LogP contribution in [-0.2, 0) is 6.42 Å². The number of benzene rings is 3. The molecule has 0 bridgehead atoms. The molecule has 8 heteroatoms. The Morgan fingerprint density at radius 1 is 0.949 bits per heavy atom. The summed E-state index contributed by atoms with van der Waals surface area (Å²) >= 11 is 0. The van der Waals surface area contributed by atoms with Crippen molar-refractivity contribution in [3.63, 3.8) is 0 Å². The molecule has 39 heavy (non-hydrogen) atoms. The van der Waals surface area contributed by atoms with E-state index in [-0.39, 0.29) is 11.7 Å². The molecule has 200 valence electrons. The summed E-state index contributed by atoms with van der Waals surface area (Å²) in [6.07, 6.45) is 2.02. The Morgan fingerprint density at radius 2 is 1.72 bits per heavy atom. The molecule has 0 unspecified atom stereocenters. The van der Waals surface area contributed by atoms with Crippen molar-refractivity contribution in [1.82, 2.24) is 25.5 Å². The molecule has 5 rings (SSSR count). The number of hydrogen-bond donors (Lipinski definition) is 3. The Morgan fingerprint density at radius 3 is 2.49 bits per heavy atom. The number of nitrogens with zero attached hydrogens (tertiary/aromatic N) is 3. The lowest BCUT2D eigenvalue weighted by Gasteiger charge is -2.10. The zero-order valence-electron chi connectivity index (χ0n) is 22.7. The number of rotatable bonds is 11. The van der Waals surface area contributed by atoms with Gasteiger partial charge in [-0.25, -0.2) is 4.98 Å². The van der Waals surface area contributed by atoms with Crippen LogP contribution < -0.4 is 10.6 Å². The molecule has 0 radical (unpaired) electrons. The Balaban J connectivity index is 1.26. The van der Waals surface area contributed by atoms with Crippen LogP contribution in [-0.4, -0.2) is 73.0 Å². The van der Waals surface area contributed by atoms with Crippen LogP contribution in [0.4, 0.5) is 5.69 Å². The molecule has 2 heterocycles. The molecule has 0 aliphatic carbocycles. The predicted molar refractivity (Wildman–Crippen MR) is 156 cm³/mol. The van der Waals surface area contributed by atoms with E-state index in [0.717, 1.165) is 64.5 Å². The molecule has 0 fully saturated rings. The van der Waals surface area contributed by atoms with Crippen LogP contribution in [0.15, 0.2) is 65.7 Å². The van der Waals surface area contributed by atoms with Crippen molar-refractivity contribution in [2.75, 3.05) is 40.8 Å². The number of Topliss-reactive ketones (excluding diaryl/α,β-unsaturated/α-hetero) is 1. The van der Waals surface area contributed by atoms with Crippen LogP contribution in [0, 0.1) is 0 Å². The van der Waals surface area contributed by atoms with Crippen molar-refractivity contribution in [3.8, 4) is 11.4 Å². The van der Waals surface area contributed by atoms with Gasteiger partial charge in [0.05, 0.1) is 22.4 Å². The fourth-order valence-corrected chi connectivity index (χ4v) is 4.71. The molecule has 1 aromatic heterocycles. The fourth-order valence-electron chi connectivity index (χ4n) is 4.71. The lowest BCUT2D eigenvalue weighted by atomic mass is 10.0. The highest BCUT2D eigenvalue weighted by atomic mass is 16.1. The van der Waals surface area contributed by atoms with E-state index in [2.05, 4.69) is 27.8 Å². The van der Waals surface area contributed by atoms with Crippen LogP contribution in [0.1, 0.15) is 44.7 Å². The van der Waals surface area contributed by atoms with E-state index >= 15 is 0 Å². The van der Waals surface area contributed by atoms with Gasteiger partial charge in [-0.3, -0.25) is 14.6 Å². The number of carbonyl (C=O) groups is 2. The third-order valence-electron chi connectivity index (χ3n) is 6.93. The maximum atomic E-state index is 12.5. The Labute approximate surface area is 228 Å². The average molecular weight is 523 g/mol. The molecule has 1 aliphatic rings. The summed E-state index contributed by atoms with van der Waals surface area (Å²) in [7, 11) is 5.86. The van der Waals surface area contributed by atoms with Crippen LogP contribution in [0.25, 0.3) is 22.4 Å². The van der Waals surface area contributed by atoms with Crippen molar-refractivity contribution < 1.29 is 9.59 Å². The van der Waals surface area contributed by atoms with Crippen LogP contribution in [0.5, 0.6) is 0 Å². The number of ketones is 1. The molecule has 1 amide bonds. The summed E-state index contributed by atoms with van der Waals surface area (Å²) in [6.45, 7) is 2.23. The van der Waals surface area contributed by atoms with E-state index in [1.54, 1.807) is 0 Å². The lowest BCUT2D eigenvalue weighted by Crippen LogP contribution is -2.31. The van der Waals surface area contributed by atoms with E-state index in [0.29, 0.717) is 30.5 Å². The number of nitrogens with one attached hydrogen (secondary N) is 3. The molecule has 3 aromatic carbocycles. The molecule has 0 saturated carbocycles. The fraction of sp³-hybridized carbons (Fsp3) is 0.290. The number of aromatic amines is 1. The second-order valence-corrected chi connectivity index (χ2v) is 10.2. The third kappa shape index (κ3) is 6.13. The van der Waals surface area contributed by atoms with Gasteiger partial charge in [0.15, 0.2) is 5.78 Å². The van der Waals surface area contributed by atoms with Crippen LogP contribution >= 0.6 is 0 Å². The van der Waals surface area contributed by atoms with Gasteiger partial charge in [0.1, 0.15) is 5.82 Å². The zero-order chi connectivity index (χ0) is 27.4. The standard InChI is InChI=1S/C31H34N6O2/c1-32-14-4-5-29(38)22-10-13-26-28(18-22)36-30(35-26)21-8-6-20(7-9-21)27-19-24-17-23(11-12-25(24)34-27)31(39)33-15-16-37(2)3/h6-13,17-18,32H,4-5,14-16,19H2,1-3H3,(H,33,39)(H,35,36). The first-order valence-corrected chi connectivity index (χ1v) is 13.3. The van der Waals surface area contributed by atoms with Gasteiger partial charge < -0.3 is 20.5 Å². The van der Waals surface area contributed by atoms with Gasteiger partial charge in [-0.05, 0) is 81.6 Å². The van der Waals surface area contributed by atoms with Crippen molar-refractivity contribution in [1.29, 1.82) is 0 Å². The molecular formula is C31H34N6O2. The van der Waals surface area contributed by atoms with Crippen molar-refractivity contribution >= 4 is 34.1 Å². The number of aliphatic imine (C=N–C) groups is 1. The highest BCUT2D eigenvalue weighted by Gasteiger charge is 2.19. The van der Waals surface area contributed by atoms with E-state index in [9.17, 15) is 9.59 Å². The molecule has 0 saturated heterocycles.